The van der Waals surface area contributed by atoms with Gasteiger partial charge in [0.15, 0.2) is 6.10 Å². The number of benzene rings is 2. The molecule has 154 valence electrons. The summed E-state index contributed by atoms with van der Waals surface area (Å²) in [5.41, 5.74) is 0.838. The van der Waals surface area contributed by atoms with Crippen molar-refractivity contribution >= 4 is 17.6 Å². The second kappa shape index (κ2) is 10.2. The monoisotopic (exact) mass is 402 g/mol. The van der Waals surface area contributed by atoms with Crippen LogP contribution in [0.2, 0.25) is 0 Å². The van der Waals surface area contributed by atoms with Gasteiger partial charge in [0.2, 0.25) is 0 Å². The molecule has 0 saturated heterocycles. The molecule has 0 bridgehead atoms. The van der Waals surface area contributed by atoms with Crippen molar-refractivity contribution in [1.82, 2.24) is 5.32 Å². The van der Waals surface area contributed by atoms with E-state index >= 15 is 0 Å². The number of nitro benzene ring substituents is 1. The number of ether oxygens (including phenoxy) is 3. The summed E-state index contributed by atoms with van der Waals surface area (Å²) in [7, 11) is 3.98. The number of rotatable bonds is 9. The van der Waals surface area contributed by atoms with Crippen molar-refractivity contribution in [2.75, 3.05) is 21.3 Å². The molecular formula is C20H22N2O7. The first kappa shape index (κ1) is 21.8. The number of nitrogens with one attached hydrogen (secondary N) is 1. The molecular weight excluding hydrogens is 380 g/mol. The van der Waals surface area contributed by atoms with Crippen molar-refractivity contribution in [3.63, 3.8) is 0 Å². The summed E-state index contributed by atoms with van der Waals surface area (Å²) in [4.78, 5) is 35.5. The summed E-state index contributed by atoms with van der Waals surface area (Å²) < 4.78 is 15.3. The normalized spacial score (nSPS) is 12.5. The van der Waals surface area contributed by atoms with E-state index in [9.17, 15) is 19.7 Å². The Hall–Kier alpha value is -3.46. The van der Waals surface area contributed by atoms with Crippen molar-refractivity contribution in [1.29, 1.82) is 0 Å². The van der Waals surface area contributed by atoms with E-state index in [0.717, 1.165) is 0 Å². The van der Waals surface area contributed by atoms with Crippen LogP contribution < -0.4 is 10.1 Å². The molecule has 0 aromatic heterocycles. The molecule has 1 N–H and O–H groups in total. The van der Waals surface area contributed by atoms with E-state index in [1.807, 2.05) is 0 Å². The first-order chi connectivity index (χ1) is 13.9. The van der Waals surface area contributed by atoms with E-state index < -0.39 is 28.9 Å². The highest BCUT2D eigenvalue weighted by Crippen LogP contribution is 2.26. The van der Waals surface area contributed by atoms with Crippen LogP contribution in [0.5, 0.6) is 5.75 Å². The third kappa shape index (κ3) is 5.52. The van der Waals surface area contributed by atoms with Crippen LogP contribution in [-0.2, 0) is 25.5 Å². The number of carbonyl (C=O) groups excluding carboxylic acids is 2. The fourth-order valence-electron chi connectivity index (χ4n) is 2.86. The Balaban J connectivity index is 2.28. The van der Waals surface area contributed by atoms with E-state index in [0.29, 0.717) is 16.9 Å². The Morgan fingerprint density at radius 3 is 2.34 bits per heavy atom. The average molecular weight is 402 g/mol. The number of non-ortho nitro benzene ring substituents is 1. The van der Waals surface area contributed by atoms with Crippen molar-refractivity contribution in [3.05, 3.63) is 69.8 Å². The van der Waals surface area contributed by atoms with Gasteiger partial charge in [-0.1, -0.05) is 30.3 Å². The fourth-order valence-corrected chi connectivity index (χ4v) is 2.86. The highest BCUT2D eigenvalue weighted by atomic mass is 16.6. The van der Waals surface area contributed by atoms with Crippen molar-refractivity contribution < 1.29 is 28.7 Å². The van der Waals surface area contributed by atoms with Crippen LogP contribution in [0, 0.1) is 10.1 Å². The largest absolute Gasteiger partial charge is 0.496 e. The highest BCUT2D eigenvalue weighted by molar-refractivity contribution is 5.88. The first-order valence-corrected chi connectivity index (χ1v) is 8.68. The van der Waals surface area contributed by atoms with Crippen LogP contribution in [0.1, 0.15) is 17.2 Å². The molecule has 2 aromatic carbocycles. The standard InChI is InChI=1S/C20H22N2O7/c1-27-17-10-9-15(22(25)26)11-14(17)12-16(20(24)29-3)21-19(23)18(28-2)13-7-5-4-6-8-13/h4-11,16,18H,12H2,1-3H3,(H,21,23)/t16-,18+/m0/s1. The zero-order valence-electron chi connectivity index (χ0n) is 16.3. The van der Waals surface area contributed by atoms with Crippen molar-refractivity contribution in [3.8, 4) is 5.75 Å². The Morgan fingerprint density at radius 1 is 1.10 bits per heavy atom. The second-order valence-corrected chi connectivity index (χ2v) is 6.07. The lowest BCUT2D eigenvalue weighted by atomic mass is 10.0. The Bertz CT molecular complexity index is 870. The van der Waals surface area contributed by atoms with Crippen LogP contribution in [0.3, 0.4) is 0 Å². The summed E-state index contributed by atoms with van der Waals surface area (Å²) in [6, 6.07) is 11.7. The fraction of sp³-hybridized carbons (Fsp3) is 0.300. The molecule has 0 aliphatic carbocycles. The van der Waals surface area contributed by atoms with E-state index in [1.165, 1.54) is 39.5 Å². The van der Waals surface area contributed by atoms with Crippen LogP contribution in [0.15, 0.2) is 48.5 Å². The molecule has 2 rings (SSSR count). The molecule has 0 unspecified atom stereocenters. The smallest absolute Gasteiger partial charge is 0.328 e. The molecule has 0 spiro atoms. The lowest BCUT2D eigenvalue weighted by Gasteiger charge is -2.21. The summed E-state index contributed by atoms with van der Waals surface area (Å²) in [5, 5.41) is 13.7. The number of hydrogen-bond acceptors (Lipinski definition) is 7. The molecule has 0 saturated carbocycles. The number of carbonyl (C=O) groups is 2. The van der Waals surface area contributed by atoms with Gasteiger partial charge >= 0.3 is 5.97 Å². The van der Waals surface area contributed by atoms with Gasteiger partial charge in [-0.15, -0.1) is 0 Å². The molecule has 0 aliphatic heterocycles. The van der Waals surface area contributed by atoms with Gasteiger partial charge in [0, 0.05) is 31.2 Å². The molecule has 0 fully saturated rings. The minimum absolute atomic E-state index is 0.0610. The van der Waals surface area contributed by atoms with Gasteiger partial charge in [-0.2, -0.15) is 0 Å². The van der Waals surface area contributed by atoms with Gasteiger partial charge in [-0.25, -0.2) is 4.79 Å². The molecule has 0 heterocycles. The van der Waals surface area contributed by atoms with Gasteiger partial charge in [0.1, 0.15) is 11.8 Å². The van der Waals surface area contributed by atoms with E-state index in [2.05, 4.69) is 5.32 Å². The number of amides is 1. The Labute approximate surface area is 167 Å². The van der Waals surface area contributed by atoms with Crippen LogP contribution in [-0.4, -0.2) is 44.2 Å². The first-order valence-electron chi connectivity index (χ1n) is 8.68. The summed E-state index contributed by atoms with van der Waals surface area (Å²) in [6.45, 7) is 0. The van der Waals surface area contributed by atoms with Gasteiger partial charge in [0.25, 0.3) is 11.6 Å². The van der Waals surface area contributed by atoms with Crippen molar-refractivity contribution in [2.24, 2.45) is 0 Å². The maximum Gasteiger partial charge on any atom is 0.328 e. The SMILES string of the molecule is COC(=O)[C@H](Cc1cc([N+](=O)[O-])ccc1OC)NC(=O)[C@H](OC)c1ccccc1. The lowest BCUT2D eigenvalue weighted by Crippen LogP contribution is -2.45. The molecule has 29 heavy (non-hydrogen) atoms. The highest BCUT2D eigenvalue weighted by Gasteiger charge is 2.28. The van der Waals surface area contributed by atoms with E-state index in [-0.39, 0.29) is 12.1 Å². The van der Waals surface area contributed by atoms with Gasteiger partial charge in [0.05, 0.1) is 19.1 Å². The zero-order chi connectivity index (χ0) is 21.4. The molecule has 2 aromatic rings. The molecule has 9 nitrogen and oxygen atoms in total. The summed E-state index contributed by atoms with van der Waals surface area (Å²) in [5.74, 6) is -0.890. The summed E-state index contributed by atoms with van der Waals surface area (Å²) in [6.07, 6.45) is -0.996. The average Bonchev–Trinajstić information content (AvgIpc) is 2.73. The predicted octanol–water partition coefficient (Wildman–Crippen LogP) is 2.19. The van der Waals surface area contributed by atoms with Gasteiger partial charge in [-0.3, -0.25) is 14.9 Å². The molecule has 0 radical (unpaired) electrons. The minimum Gasteiger partial charge on any atom is -0.496 e. The van der Waals surface area contributed by atoms with Crippen molar-refractivity contribution in [2.45, 2.75) is 18.6 Å². The van der Waals surface area contributed by atoms with E-state index in [4.69, 9.17) is 14.2 Å². The number of nitrogens with zero attached hydrogens (tertiary/aromatic N) is 1. The number of methoxy groups -OCH3 is 3. The molecule has 9 heteroatoms. The quantitative estimate of drug-likeness (QED) is 0.388. The van der Waals surface area contributed by atoms with Gasteiger partial charge < -0.3 is 19.5 Å². The maximum absolute atomic E-state index is 12.7. The molecule has 1 amide bonds. The van der Waals surface area contributed by atoms with E-state index in [1.54, 1.807) is 30.3 Å². The van der Waals surface area contributed by atoms with Crippen LogP contribution in [0.25, 0.3) is 0 Å². The van der Waals surface area contributed by atoms with Crippen LogP contribution in [0.4, 0.5) is 5.69 Å². The number of hydrogen-bond donors (Lipinski definition) is 1. The topological polar surface area (TPSA) is 117 Å². The second-order valence-electron chi connectivity index (χ2n) is 6.07. The van der Waals surface area contributed by atoms with Gasteiger partial charge in [-0.05, 0) is 11.6 Å². The lowest BCUT2D eigenvalue weighted by molar-refractivity contribution is -0.384. The predicted molar refractivity (Wildman–Crippen MR) is 103 cm³/mol. The zero-order valence-corrected chi connectivity index (χ0v) is 16.3. The third-order valence-corrected chi connectivity index (χ3v) is 4.28. The maximum atomic E-state index is 12.7. The Kier molecular flexibility index (Phi) is 7.67. The molecule has 2 atom stereocenters. The third-order valence-electron chi connectivity index (χ3n) is 4.28. The molecule has 0 aliphatic rings. The van der Waals surface area contributed by atoms with Crippen LogP contribution >= 0.6 is 0 Å². The number of esters is 1. The Morgan fingerprint density at radius 2 is 1.79 bits per heavy atom. The minimum atomic E-state index is -1.09. The summed E-state index contributed by atoms with van der Waals surface area (Å²) >= 11 is 0. The number of nitro groups is 1.